The number of ketones is 1. The van der Waals surface area contributed by atoms with Gasteiger partial charge in [0, 0.05) is 64.9 Å². The second-order valence-electron chi connectivity index (χ2n) is 15.8. The molecular weight excluding hydrogens is 848 g/mol. The summed E-state index contributed by atoms with van der Waals surface area (Å²) in [6.45, 7) is 2.03. The number of amides is 1. The number of carbonyl (C=O) groups is 5. The first kappa shape index (κ1) is 43.9. The first-order valence-corrected chi connectivity index (χ1v) is 21.2. The predicted molar refractivity (Wildman–Crippen MR) is 232 cm³/mol. The van der Waals surface area contributed by atoms with E-state index in [0.717, 1.165) is 5.39 Å². The highest BCUT2D eigenvalue weighted by atomic mass is 35.5. The molecule has 64 heavy (non-hydrogen) atoms. The van der Waals surface area contributed by atoms with Crippen molar-refractivity contribution in [3.63, 3.8) is 0 Å². The predicted octanol–water partition coefficient (Wildman–Crippen LogP) is 7.06. The van der Waals surface area contributed by atoms with Gasteiger partial charge < -0.3 is 43.2 Å². The number of nitrogens with one attached hydrogen (secondary N) is 1. The van der Waals surface area contributed by atoms with Crippen molar-refractivity contribution in [2.45, 2.75) is 51.0 Å². The summed E-state index contributed by atoms with van der Waals surface area (Å²) in [5.41, 5.74) is 4.44. The van der Waals surface area contributed by atoms with Crippen LogP contribution in [0, 0.1) is 18.8 Å². The average molecular weight is 895 g/mol. The van der Waals surface area contributed by atoms with Gasteiger partial charge in [0.25, 0.3) is 5.91 Å². The van der Waals surface area contributed by atoms with Gasteiger partial charge in [-0.2, -0.15) is 0 Å². The first-order chi connectivity index (χ1) is 30.9. The number of esters is 2. The molecule has 15 nitrogen and oxygen atoms in total. The van der Waals surface area contributed by atoms with Crippen LogP contribution >= 0.6 is 11.6 Å². The number of benzene rings is 4. The summed E-state index contributed by atoms with van der Waals surface area (Å²) < 4.78 is 47.1. The van der Waals surface area contributed by atoms with Crippen molar-refractivity contribution in [3.05, 3.63) is 105 Å². The molecule has 0 spiro atoms. The summed E-state index contributed by atoms with van der Waals surface area (Å²) in [6.07, 6.45) is -0.680. The summed E-state index contributed by atoms with van der Waals surface area (Å²) in [4.78, 5) is 67.0. The second kappa shape index (κ2) is 18.5. The zero-order valence-corrected chi connectivity index (χ0v) is 36.7. The van der Waals surface area contributed by atoms with Crippen LogP contribution in [0.1, 0.15) is 76.0 Å². The van der Waals surface area contributed by atoms with E-state index < -0.39 is 35.8 Å². The number of halogens is 1. The van der Waals surface area contributed by atoms with Gasteiger partial charge in [0.1, 0.15) is 17.6 Å². The smallest absolute Gasteiger partial charge is 0.310 e. The van der Waals surface area contributed by atoms with Gasteiger partial charge in [-0.05, 0) is 96.8 Å². The molecule has 1 N–H and O–H groups in total. The summed E-state index contributed by atoms with van der Waals surface area (Å²) in [5.74, 6) is -0.927. The Hall–Kier alpha value is -6.74. The number of hydrogen-bond donors (Lipinski definition) is 1. The lowest BCUT2D eigenvalue weighted by molar-refractivity contribution is -0.155. The number of rotatable bonds is 16. The Balaban J connectivity index is 0.903. The van der Waals surface area contributed by atoms with Gasteiger partial charge in [0.15, 0.2) is 23.0 Å². The number of hydrogen-bond acceptors (Lipinski definition) is 13. The molecule has 2 aliphatic heterocycles. The fourth-order valence-corrected chi connectivity index (χ4v) is 9.17. The normalized spacial score (nSPS) is 18.1. The first-order valence-electron chi connectivity index (χ1n) is 20.8. The third-order valence-electron chi connectivity index (χ3n) is 12.1. The standard InChI is InChI=1S/C48H47ClN2O13/c1-25-31(32-20-30(57-2)12-13-36(32)51(25)47(55)26-8-10-28(49)11-9-26)19-29(52)7-6-16-50-41(53)14-15-42(54)64-45-34-22-38-37(62-24-63-38)21-33(34)43(44-35(45)23-61-48(44)56)27-17-39(58-3)46(60-5)40(18-27)59-4/h8-13,17-18,20-22,35,43-45H,6-7,14-16,19,23-24H2,1-5H3,(H,50,53)/t35?,43-,44+,45+/m0/s1. The largest absolute Gasteiger partial charge is 0.497 e. The fraction of sp³-hybridized carbons (Fsp3) is 0.354. The Kier molecular flexibility index (Phi) is 12.7. The lowest BCUT2D eigenvalue weighted by atomic mass is 9.66. The van der Waals surface area contributed by atoms with Gasteiger partial charge in [0.2, 0.25) is 18.4 Å². The molecule has 16 heteroatoms. The van der Waals surface area contributed by atoms with Gasteiger partial charge >= 0.3 is 11.9 Å². The number of ether oxygens (including phenoxy) is 8. The van der Waals surface area contributed by atoms with Crippen LogP contribution < -0.4 is 33.7 Å². The van der Waals surface area contributed by atoms with Gasteiger partial charge in [0.05, 0.1) is 52.9 Å². The van der Waals surface area contributed by atoms with Crippen LogP contribution in [0.2, 0.25) is 5.02 Å². The van der Waals surface area contributed by atoms with E-state index in [1.807, 2.05) is 13.0 Å². The fourth-order valence-electron chi connectivity index (χ4n) is 9.04. The Bertz CT molecular complexity index is 2630. The van der Waals surface area contributed by atoms with E-state index in [0.29, 0.717) is 85.0 Å². The number of aromatic nitrogens is 1. The minimum absolute atomic E-state index is 0.00433. The van der Waals surface area contributed by atoms with Gasteiger partial charge in [-0.25, -0.2) is 0 Å². The highest BCUT2D eigenvalue weighted by Crippen LogP contribution is 2.56. The van der Waals surface area contributed by atoms with Gasteiger partial charge in [-0.15, -0.1) is 0 Å². The summed E-state index contributed by atoms with van der Waals surface area (Å²) in [5, 5.41) is 4.04. The molecule has 8 rings (SSSR count). The quantitative estimate of drug-likeness (QED) is 0.0788. The maximum atomic E-state index is 13.7. The molecule has 1 amide bonds. The molecule has 0 saturated carbocycles. The number of cyclic esters (lactones) is 1. The molecule has 1 unspecified atom stereocenters. The third kappa shape index (κ3) is 8.39. The number of carbonyl (C=O) groups excluding carboxylic acids is 5. The molecule has 0 radical (unpaired) electrons. The minimum Gasteiger partial charge on any atom is -0.497 e. The van der Waals surface area contributed by atoms with E-state index in [9.17, 15) is 24.0 Å². The molecule has 334 valence electrons. The van der Waals surface area contributed by atoms with Crippen LogP contribution in [0.25, 0.3) is 10.9 Å². The number of methoxy groups -OCH3 is 4. The highest BCUT2D eigenvalue weighted by Gasteiger charge is 2.54. The van der Waals surface area contributed by atoms with Crippen molar-refractivity contribution >= 4 is 52.0 Å². The summed E-state index contributed by atoms with van der Waals surface area (Å²) >= 11 is 6.06. The second-order valence-corrected chi connectivity index (χ2v) is 16.2. The number of nitrogens with zero attached hydrogens (tertiary/aromatic N) is 1. The lowest BCUT2D eigenvalue weighted by Gasteiger charge is -2.38. The van der Waals surface area contributed by atoms with Gasteiger partial charge in [-0.1, -0.05) is 11.6 Å². The van der Waals surface area contributed by atoms with E-state index in [1.54, 1.807) is 72.3 Å². The van der Waals surface area contributed by atoms with E-state index in [4.69, 9.17) is 49.5 Å². The Morgan fingerprint density at radius 3 is 2.19 bits per heavy atom. The van der Waals surface area contributed by atoms with Crippen LogP contribution in [-0.4, -0.2) is 82.5 Å². The molecule has 1 fully saturated rings. The molecule has 5 aromatic rings. The van der Waals surface area contributed by atoms with Crippen molar-refractivity contribution in [2.24, 2.45) is 11.8 Å². The maximum absolute atomic E-state index is 13.7. The third-order valence-corrected chi connectivity index (χ3v) is 12.4. The minimum atomic E-state index is -0.893. The molecule has 4 atom stereocenters. The monoisotopic (exact) mass is 894 g/mol. The molecule has 1 aliphatic carbocycles. The maximum Gasteiger partial charge on any atom is 0.310 e. The molecule has 0 bridgehead atoms. The summed E-state index contributed by atoms with van der Waals surface area (Å²) in [6, 6.07) is 19.2. The van der Waals surface area contributed by atoms with Crippen molar-refractivity contribution in [2.75, 3.05) is 48.4 Å². The van der Waals surface area contributed by atoms with E-state index >= 15 is 0 Å². The van der Waals surface area contributed by atoms with Crippen LogP contribution in [0.5, 0.6) is 34.5 Å². The van der Waals surface area contributed by atoms with Crippen LogP contribution in [0.15, 0.2) is 66.7 Å². The van der Waals surface area contributed by atoms with Crippen molar-refractivity contribution in [1.29, 1.82) is 0 Å². The van der Waals surface area contributed by atoms with E-state index in [-0.39, 0.29) is 63.2 Å². The van der Waals surface area contributed by atoms with Crippen molar-refractivity contribution in [1.82, 2.24) is 9.88 Å². The molecule has 3 aliphatic rings. The molecule has 3 heterocycles. The Morgan fingerprint density at radius 1 is 0.812 bits per heavy atom. The van der Waals surface area contributed by atoms with Crippen LogP contribution in [-0.2, 0) is 35.1 Å². The zero-order valence-electron chi connectivity index (χ0n) is 35.9. The topological polar surface area (TPSA) is 176 Å². The Morgan fingerprint density at radius 2 is 1.52 bits per heavy atom. The van der Waals surface area contributed by atoms with Crippen LogP contribution in [0.3, 0.4) is 0 Å². The molecule has 1 aromatic heterocycles. The van der Waals surface area contributed by atoms with Crippen molar-refractivity contribution in [3.8, 4) is 34.5 Å². The molecular formula is C48H47ClN2O13. The Labute approximate surface area is 373 Å². The van der Waals surface area contributed by atoms with E-state index in [1.165, 1.54) is 21.3 Å². The highest BCUT2D eigenvalue weighted by molar-refractivity contribution is 6.30. The van der Waals surface area contributed by atoms with Crippen molar-refractivity contribution < 1.29 is 61.9 Å². The summed E-state index contributed by atoms with van der Waals surface area (Å²) in [7, 11) is 6.08. The molecule has 1 saturated heterocycles. The van der Waals surface area contributed by atoms with Crippen LogP contribution in [0.4, 0.5) is 0 Å². The lowest BCUT2D eigenvalue weighted by Crippen LogP contribution is -2.36. The van der Waals surface area contributed by atoms with E-state index in [2.05, 4.69) is 5.32 Å². The van der Waals surface area contributed by atoms with Gasteiger partial charge in [-0.3, -0.25) is 28.5 Å². The molecule has 4 aromatic carbocycles. The SMILES string of the molecule is COc1ccc2c(c1)c(CC(=O)CCCNC(=O)CCC(=O)O[C@@H]1c3cc4c(cc3[C@H](c3cc(OC)c(OC)c(OC)c3)[C@@H]3C(=O)OCC13)OCO4)c(C)n2C(=O)c1ccc(Cl)cc1. The number of fused-ring (bicyclic) bond motifs is 4. The average Bonchev–Trinajstić information content (AvgIpc) is 4.00. The zero-order chi connectivity index (χ0) is 45.2. The number of Topliss-reactive ketones (excluding diaryl/α,β-unsaturated/α-hetero) is 1.